The molecular formula is C20H21N3O3. The molecule has 0 bridgehead atoms. The molecule has 1 amide bonds. The number of carboxylic acid groups (broad SMARTS) is 1. The van der Waals surface area contributed by atoms with Crippen molar-refractivity contribution >= 4 is 29.0 Å². The molecule has 0 radical (unpaired) electrons. The first-order valence-corrected chi connectivity index (χ1v) is 8.60. The van der Waals surface area contributed by atoms with Crippen LogP contribution in [0.25, 0.3) is 0 Å². The Bertz CT molecular complexity index is 872. The van der Waals surface area contributed by atoms with E-state index >= 15 is 0 Å². The van der Waals surface area contributed by atoms with Gasteiger partial charge in [0.25, 0.3) is 5.91 Å². The summed E-state index contributed by atoms with van der Waals surface area (Å²) in [6.07, 6.45) is 0. The molecule has 3 rings (SSSR count). The Morgan fingerprint density at radius 1 is 1.12 bits per heavy atom. The molecule has 2 aromatic carbocycles. The zero-order chi connectivity index (χ0) is 18.7. The average molecular weight is 351 g/mol. The third-order valence-corrected chi connectivity index (χ3v) is 4.47. The van der Waals surface area contributed by atoms with E-state index in [1.165, 1.54) is 12.1 Å². The molecule has 2 aromatic rings. The highest BCUT2D eigenvalue weighted by Crippen LogP contribution is 2.31. The Hall–Kier alpha value is -2.99. The third-order valence-electron chi connectivity index (χ3n) is 4.47. The normalized spacial score (nSPS) is 15.0. The first kappa shape index (κ1) is 17.8. The fraction of sp³-hybridized carbons (Fsp3) is 0.250. The molecule has 0 atom stereocenters. The van der Waals surface area contributed by atoms with Crippen LogP contribution in [0.1, 0.15) is 29.8 Å². The highest BCUT2D eigenvalue weighted by Gasteiger charge is 2.34. The molecule has 1 N–H and O–H groups in total. The summed E-state index contributed by atoms with van der Waals surface area (Å²) in [7, 11) is 0. The van der Waals surface area contributed by atoms with Crippen molar-refractivity contribution in [1.82, 2.24) is 4.90 Å². The van der Waals surface area contributed by atoms with Gasteiger partial charge in [-0.3, -0.25) is 14.6 Å². The van der Waals surface area contributed by atoms with Gasteiger partial charge in [-0.1, -0.05) is 38.1 Å². The second kappa shape index (κ2) is 7.49. The Labute approximate surface area is 152 Å². The van der Waals surface area contributed by atoms with Crippen LogP contribution in [0.4, 0.5) is 11.4 Å². The van der Waals surface area contributed by atoms with Crippen LogP contribution in [0.15, 0.2) is 53.5 Å². The van der Waals surface area contributed by atoms with Gasteiger partial charge < -0.3 is 5.11 Å². The van der Waals surface area contributed by atoms with E-state index in [1.54, 1.807) is 17.0 Å². The predicted molar refractivity (Wildman–Crippen MR) is 101 cm³/mol. The van der Waals surface area contributed by atoms with Crippen molar-refractivity contribution in [2.45, 2.75) is 13.8 Å². The van der Waals surface area contributed by atoms with Crippen LogP contribution in [0, 0.1) is 0 Å². The monoisotopic (exact) mass is 351 g/mol. The molecule has 0 saturated heterocycles. The second-order valence-electron chi connectivity index (χ2n) is 6.01. The lowest BCUT2D eigenvalue weighted by Crippen LogP contribution is -2.41. The number of amides is 1. The fourth-order valence-electron chi connectivity index (χ4n) is 2.97. The topological polar surface area (TPSA) is 73.2 Å². The van der Waals surface area contributed by atoms with Crippen LogP contribution in [-0.2, 0) is 4.79 Å². The smallest absolute Gasteiger partial charge is 0.335 e. The average Bonchev–Trinajstić information content (AvgIpc) is 2.91. The van der Waals surface area contributed by atoms with E-state index < -0.39 is 5.97 Å². The van der Waals surface area contributed by atoms with Crippen molar-refractivity contribution in [1.29, 1.82) is 0 Å². The van der Waals surface area contributed by atoms with Gasteiger partial charge in [-0.15, -0.1) is 0 Å². The Kier molecular flexibility index (Phi) is 5.14. The van der Waals surface area contributed by atoms with Gasteiger partial charge in [-0.05, 0) is 37.4 Å². The van der Waals surface area contributed by atoms with Crippen LogP contribution >= 0.6 is 0 Å². The maximum Gasteiger partial charge on any atom is 0.335 e. The minimum atomic E-state index is -1.02. The number of hydrogen-bond acceptors (Lipinski definition) is 4. The van der Waals surface area contributed by atoms with Crippen molar-refractivity contribution in [2.24, 2.45) is 4.99 Å². The largest absolute Gasteiger partial charge is 0.478 e. The number of nitrogens with zero attached hydrogens (tertiary/aromatic N) is 3. The van der Waals surface area contributed by atoms with E-state index in [4.69, 9.17) is 5.11 Å². The lowest BCUT2D eigenvalue weighted by molar-refractivity contribution is -0.112. The summed E-state index contributed by atoms with van der Waals surface area (Å²) in [5, 5.41) is 9.15. The number of carboxylic acids is 1. The van der Waals surface area contributed by atoms with Crippen LogP contribution in [-0.4, -0.2) is 47.4 Å². The maximum absolute atomic E-state index is 13.0. The van der Waals surface area contributed by atoms with Crippen molar-refractivity contribution in [2.75, 3.05) is 24.7 Å². The van der Waals surface area contributed by atoms with Crippen molar-refractivity contribution in [3.63, 3.8) is 0 Å². The maximum atomic E-state index is 13.0. The summed E-state index contributed by atoms with van der Waals surface area (Å²) in [5.41, 5.74) is 2.54. The Morgan fingerprint density at radius 2 is 1.85 bits per heavy atom. The molecule has 0 aromatic heterocycles. The molecule has 134 valence electrons. The summed E-state index contributed by atoms with van der Waals surface area (Å²) in [6, 6.07) is 13.8. The molecule has 6 nitrogen and oxygen atoms in total. The van der Waals surface area contributed by atoms with Crippen molar-refractivity contribution < 1.29 is 14.7 Å². The number of fused-ring (bicyclic) bond motifs is 1. The molecule has 0 saturated carbocycles. The van der Waals surface area contributed by atoms with Gasteiger partial charge in [-0.2, -0.15) is 0 Å². The second-order valence-corrected chi connectivity index (χ2v) is 6.01. The van der Waals surface area contributed by atoms with E-state index in [0.29, 0.717) is 18.1 Å². The van der Waals surface area contributed by atoms with E-state index in [-0.39, 0.29) is 11.5 Å². The molecule has 1 heterocycles. The molecular weight excluding hydrogens is 330 g/mol. The number of rotatable bonds is 6. The van der Waals surface area contributed by atoms with Crippen molar-refractivity contribution in [3.8, 4) is 0 Å². The van der Waals surface area contributed by atoms with Crippen LogP contribution in [0.3, 0.4) is 0 Å². The van der Waals surface area contributed by atoms with E-state index in [0.717, 1.165) is 24.3 Å². The number of carbonyl (C=O) groups is 2. The third kappa shape index (κ3) is 3.36. The zero-order valence-electron chi connectivity index (χ0n) is 14.8. The number of aromatic carboxylic acids is 1. The number of aliphatic imine (C=N–C) groups is 1. The first-order valence-electron chi connectivity index (χ1n) is 8.60. The number of hydrogen-bond donors (Lipinski definition) is 1. The molecule has 0 unspecified atom stereocenters. The van der Waals surface area contributed by atoms with Gasteiger partial charge in [0.1, 0.15) is 5.71 Å². The summed E-state index contributed by atoms with van der Waals surface area (Å²) in [5.74, 6) is -1.19. The van der Waals surface area contributed by atoms with E-state index in [1.807, 2.05) is 24.3 Å². The number of para-hydroxylation sites is 1. The molecule has 1 aliphatic rings. The lowest BCUT2D eigenvalue weighted by atomic mass is 10.1. The minimum absolute atomic E-state index is 0.144. The standard InChI is InChI=1S/C20H21N3O3/c1-3-22(4-2)13-23-17-11-6-5-10-16(17)18(19(23)24)21-15-9-7-8-14(12-15)20(25)26/h5-12H,3-4,13H2,1-2H3,(H,25,26)/b21-18-. The van der Waals surface area contributed by atoms with Gasteiger partial charge in [0.2, 0.25) is 0 Å². The number of carbonyl (C=O) groups excluding carboxylic acids is 1. The van der Waals surface area contributed by atoms with Gasteiger partial charge in [0.05, 0.1) is 23.6 Å². The summed E-state index contributed by atoms with van der Waals surface area (Å²) >= 11 is 0. The quantitative estimate of drug-likeness (QED) is 0.868. The van der Waals surface area contributed by atoms with E-state index in [2.05, 4.69) is 23.7 Å². The van der Waals surface area contributed by atoms with Gasteiger partial charge in [-0.25, -0.2) is 9.79 Å². The summed E-state index contributed by atoms with van der Waals surface area (Å²) < 4.78 is 0. The highest BCUT2D eigenvalue weighted by atomic mass is 16.4. The summed E-state index contributed by atoms with van der Waals surface area (Å²) in [6.45, 7) is 6.30. The molecule has 0 aliphatic carbocycles. The van der Waals surface area contributed by atoms with E-state index in [9.17, 15) is 9.59 Å². The fourth-order valence-corrected chi connectivity index (χ4v) is 2.97. The Morgan fingerprint density at radius 3 is 2.54 bits per heavy atom. The van der Waals surface area contributed by atoms with Crippen LogP contribution < -0.4 is 4.90 Å². The molecule has 26 heavy (non-hydrogen) atoms. The zero-order valence-corrected chi connectivity index (χ0v) is 14.8. The first-order chi connectivity index (χ1) is 12.5. The van der Waals surface area contributed by atoms with Crippen molar-refractivity contribution in [3.05, 3.63) is 59.7 Å². The van der Waals surface area contributed by atoms with Gasteiger partial charge in [0.15, 0.2) is 0 Å². The Balaban J connectivity index is 2.02. The van der Waals surface area contributed by atoms with Crippen LogP contribution in [0.5, 0.6) is 0 Å². The van der Waals surface area contributed by atoms with Gasteiger partial charge >= 0.3 is 5.97 Å². The number of benzene rings is 2. The lowest BCUT2D eigenvalue weighted by Gasteiger charge is -2.25. The predicted octanol–water partition coefficient (Wildman–Crippen LogP) is 3.15. The van der Waals surface area contributed by atoms with Gasteiger partial charge in [0, 0.05) is 5.56 Å². The summed E-state index contributed by atoms with van der Waals surface area (Å²) in [4.78, 5) is 32.5. The molecule has 0 spiro atoms. The highest BCUT2D eigenvalue weighted by molar-refractivity contribution is 6.54. The molecule has 0 fully saturated rings. The molecule has 1 aliphatic heterocycles. The number of anilines is 1. The van der Waals surface area contributed by atoms with Crippen LogP contribution in [0.2, 0.25) is 0 Å². The SMILES string of the molecule is CCN(CC)CN1C(=O)/C(=N\c2cccc(C(=O)O)c2)c2ccccc21. The molecule has 6 heteroatoms. The minimum Gasteiger partial charge on any atom is -0.478 e.